The third-order valence-electron chi connectivity index (χ3n) is 2.66. The fraction of sp³-hybridized carbons (Fsp3) is 0.462. The van der Waals surface area contributed by atoms with Gasteiger partial charge in [0.1, 0.15) is 11.5 Å². The van der Waals surface area contributed by atoms with Gasteiger partial charge in [-0.25, -0.2) is 0 Å². The molecule has 1 aromatic rings. The lowest BCUT2D eigenvalue weighted by Gasteiger charge is -2.13. The molecule has 0 unspecified atom stereocenters. The van der Waals surface area contributed by atoms with E-state index in [1.807, 2.05) is 6.92 Å². The molecule has 0 fully saturated rings. The van der Waals surface area contributed by atoms with Crippen molar-refractivity contribution in [1.29, 1.82) is 0 Å². The zero-order valence-electron chi connectivity index (χ0n) is 10.6. The van der Waals surface area contributed by atoms with Crippen LogP contribution in [0.15, 0.2) is 12.1 Å². The summed E-state index contributed by atoms with van der Waals surface area (Å²) in [6.45, 7) is 2.34. The first-order valence-electron chi connectivity index (χ1n) is 5.66. The molecule has 17 heavy (non-hydrogen) atoms. The number of rotatable bonds is 6. The number of hydrogen-bond acceptors (Lipinski definition) is 4. The Labute approximate surface area is 102 Å². The van der Waals surface area contributed by atoms with E-state index >= 15 is 0 Å². The summed E-state index contributed by atoms with van der Waals surface area (Å²) in [7, 11) is 3.16. The smallest absolute Gasteiger partial charge is 0.164 e. The Morgan fingerprint density at radius 3 is 2.47 bits per heavy atom. The third-order valence-corrected chi connectivity index (χ3v) is 2.66. The van der Waals surface area contributed by atoms with Crippen LogP contribution in [0, 0.1) is 0 Å². The second kappa shape index (κ2) is 6.25. The van der Waals surface area contributed by atoms with E-state index in [2.05, 4.69) is 0 Å². The summed E-state index contributed by atoms with van der Waals surface area (Å²) in [6, 6.07) is 3.54. The number of methoxy groups -OCH3 is 2. The van der Waals surface area contributed by atoms with E-state index < -0.39 is 0 Å². The van der Waals surface area contributed by atoms with Crippen LogP contribution in [0.25, 0.3) is 0 Å². The molecule has 0 saturated heterocycles. The molecule has 0 heterocycles. The maximum atomic E-state index is 12.0. The van der Waals surface area contributed by atoms with Gasteiger partial charge in [-0.1, -0.05) is 6.92 Å². The van der Waals surface area contributed by atoms with Crippen molar-refractivity contribution in [3.05, 3.63) is 23.3 Å². The first-order valence-corrected chi connectivity index (χ1v) is 5.66. The molecule has 1 aromatic carbocycles. The van der Waals surface area contributed by atoms with Crippen LogP contribution in [-0.2, 0) is 6.42 Å². The highest BCUT2D eigenvalue weighted by atomic mass is 16.5. The second-order valence-electron chi connectivity index (χ2n) is 3.67. The van der Waals surface area contributed by atoms with Gasteiger partial charge in [0.25, 0.3) is 0 Å². The van der Waals surface area contributed by atoms with Gasteiger partial charge >= 0.3 is 0 Å². The highest BCUT2D eigenvalue weighted by Crippen LogP contribution is 2.29. The first-order chi connectivity index (χ1) is 8.17. The predicted octanol–water partition coefficient (Wildman–Crippen LogP) is 1.80. The third kappa shape index (κ3) is 2.97. The number of carbonyl (C=O) groups is 1. The van der Waals surface area contributed by atoms with E-state index in [0.29, 0.717) is 30.0 Å². The molecule has 0 atom stereocenters. The summed E-state index contributed by atoms with van der Waals surface area (Å²) in [4.78, 5) is 12.0. The summed E-state index contributed by atoms with van der Waals surface area (Å²) < 4.78 is 10.4. The minimum absolute atomic E-state index is 0.0292. The summed E-state index contributed by atoms with van der Waals surface area (Å²) in [5.41, 5.74) is 6.97. The van der Waals surface area contributed by atoms with Crippen molar-refractivity contribution in [2.24, 2.45) is 5.73 Å². The molecule has 0 bridgehead atoms. The van der Waals surface area contributed by atoms with E-state index in [4.69, 9.17) is 15.2 Å². The number of nitrogens with two attached hydrogens (primary N) is 1. The lowest BCUT2D eigenvalue weighted by molar-refractivity contribution is 0.0984. The van der Waals surface area contributed by atoms with Crippen molar-refractivity contribution >= 4 is 5.78 Å². The Balaban J connectivity index is 3.28. The molecule has 0 aromatic heterocycles. The summed E-state index contributed by atoms with van der Waals surface area (Å²) in [6.07, 6.45) is 1.07. The van der Waals surface area contributed by atoms with Gasteiger partial charge in [-0.15, -0.1) is 0 Å². The largest absolute Gasteiger partial charge is 0.497 e. The topological polar surface area (TPSA) is 61.5 Å². The first kappa shape index (κ1) is 13.5. The maximum absolute atomic E-state index is 12.0. The van der Waals surface area contributed by atoms with Crippen LogP contribution in [0.2, 0.25) is 0 Å². The van der Waals surface area contributed by atoms with Gasteiger partial charge in [0.2, 0.25) is 0 Å². The molecule has 0 aliphatic carbocycles. The Kier molecular flexibility index (Phi) is 4.97. The fourth-order valence-corrected chi connectivity index (χ4v) is 1.80. The Bertz CT molecular complexity index is 402. The van der Waals surface area contributed by atoms with Gasteiger partial charge in [0.15, 0.2) is 5.78 Å². The van der Waals surface area contributed by atoms with Gasteiger partial charge in [0, 0.05) is 23.6 Å². The molecule has 0 radical (unpaired) electrons. The standard InChI is InChI=1S/C13H19NO3/c1-4-10-11(12(15)5-6-14)7-9(16-2)8-13(10)17-3/h7-8H,4-6,14H2,1-3H3. The Morgan fingerprint density at radius 2 is 2.00 bits per heavy atom. The predicted molar refractivity (Wildman–Crippen MR) is 66.9 cm³/mol. The summed E-state index contributed by atoms with van der Waals surface area (Å²) >= 11 is 0. The minimum atomic E-state index is 0.0292. The molecular weight excluding hydrogens is 218 g/mol. The zero-order valence-corrected chi connectivity index (χ0v) is 10.6. The van der Waals surface area contributed by atoms with E-state index in [-0.39, 0.29) is 5.78 Å². The van der Waals surface area contributed by atoms with E-state index in [0.717, 1.165) is 12.0 Å². The Morgan fingerprint density at radius 1 is 1.29 bits per heavy atom. The average molecular weight is 237 g/mol. The minimum Gasteiger partial charge on any atom is -0.497 e. The molecular formula is C13H19NO3. The van der Waals surface area contributed by atoms with E-state index in [1.54, 1.807) is 26.4 Å². The van der Waals surface area contributed by atoms with Crippen molar-refractivity contribution in [2.75, 3.05) is 20.8 Å². The highest BCUT2D eigenvalue weighted by Gasteiger charge is 2.16. The van der Waals surface area contributed by atoms with Gasteiger partial charge in [-0.2, -0.15) is 0 Å². The number of benzene rings is 1. The lowest BCUT2D eigenvalue weighted by atomic mass is 9.98. The van der Waals surface area contributed by atoms with Crippen LogP contribution in [0.1, 0.15) is 29.3 Å². The molecule has 4 nitrogen and oxygen atoms in total. The number of carbonyl (C=O) groups excluding carboxylic acids is 1. The van der Waals surface area contributed by atoms with Crippen LogP contribution in [-0.4, -0.2) is 26.5 Å². The van der Waals surface area contributed by atoms with Gasteiger partial charge in [-0.05, 0) is 19.0 Å². The SMILES string of the molecule is CCc1c(OC)cc(OC)cc1C(=O)CCN. The molecule has 0 amide bonds. The lowest BCUT2D eigenvalue weighted by Crippen LogP contribution is -2.11. The molecule has 94 valence electrons. The molecule has 0 aliphatic rings. The van der Waals surface area contributed by atoms with Gasteiger partial charge in [-0.3, -0.25) is 4.79 Å². The van der Waals surface area contributed by atoms with Gasteiger partial charge in [0.05, 0.1) is 14.2 Å². The number of hydrogen-bond donors (Lipinski definition) is 1. The van der Waals surface area contributed by atoms with Crippen molar-refractivity contribution in [1.82, 2.24) is 0 Å². The van der Waals surface area contributed by atoms with Crippen LogP contribution >= 0.6 is 0 Å². The normalized spacial score (nSPS) is 10.1. The van der Waals surface area contributed by atoms with Crippen LogP contribution in [0.4, 0.5) is 0 Å². The number of ketones is 1. The molecule has 0 spiro atoms. The summed E-state index contributed by atoms with van der Waals surface area (Å²) in [5, 5.41) is 0. The van der Waals surface area contributed by atoms with E-state index in [9.17, 15) is 4.79 Å². The van der Waals surface area contributed by atoms with Gasteiger partial charge < -0.3 is 15.2 Å². The van der Waals surface area contributed by atoms with Crippen molar-refractivity contribution < 1.29 is 14.3 Å². The van der Waals surface area contributed by atoms with Crippen molar-refractivity contribution in [3.8, 4) is 11.5 Å². The Hall–Kier alpha value is -1.55. The molecule has 4 heteroatoms. The highest BCUT2D eigenvalue weighted by molar-refractivity contribution is 5.98. The zero-order chi connectivity index (χ0) is 12.8. The number of Topliss-reactive ketones (excluding diaryl/α,β-unsaturated/α-hetero) is 1. The maximum Gasteiger partial charge on any atom is 0.164 e. The van der Waals surface area contributed by atoms with Crippen molar-refractivity contribution in [2.45, 2.75) is 19.8 Å². The van der Waals surface area contributed by atoms with Crippen LogP contribution in [0.3, 0.4) is 0 Å². The van der Waals surface area contributed by atoms with E-state index in [1.165, 1.54) is 0 Å². The average Bonchev–Trinajstić information content (AvgIpc) is 2.37. The quantitative estimate of drug-likeness (QED) is 0.766. The van der Waals surface area contributed by atoms with Crippen molar-refractivity contribution in [3.63, 3.8) is 0 Å². The second-order valence-corrected chi connectivity index (χ2v) is 3.67. The van der Waals surface area contributed by atoms with Crippen LogP contribution in [0.5, 0.6) is 11.5 Å². The van der Waals surface area contributed by atoms with Crippen LogP contribution < -0.4 is 15.2 Å². The number of ether oxygens (including phenoxy) is 2. The fourth-order valence-electron chi connectivity index (χ4n) is 1.80. The molecule has 2 N–H and O–H groups in total. The molecule has 0 aliphatic heterocycles. The molecule has 0 saturated carbocycles. The summed E-state index contributed by atoms with van der Waals surface area (Å²) in [5.74, 6) is 1.34. The molecule has 1 rings (SSSR count). The monoisotopic (exact) mass is 237 g/mol.